The van der Waals surface area contributed by atoms with E-state index in [-0.39, 0.29) is 12.5 Å². The van der Waals surface area contributed by atoms with E-state index in [4.69, 9.17) is 5.11 Å². The van der Waals surface area contributed by atoms with Crippen LogP contribution in [0.25, 0.3) is 0 Å². The molecule has 0 radical (unpaired) electrons. The lowest BCUT2D eigenvalue weighted by molar-refractivity contribution is -0.396. The van der Waals surface area contributed by atoms with Gasteiger partial charge >= 0.3 is 12.0 Å². The fraction of sp³-hybridized carbons (Fsp3) is 0.167. The molecule has 1 aromatic carbocycles. The number of carboxylic acid groups (broad SMARTS) is 1. The highest BCUT2D eigenvalue weighted by atomic mass is 16.6. The van der Waals surface area contributed by atoms with Crippen molar-refractivity contribution >= 4 is 17.7 Å². The first-order valence-electron chi connectivity index (χ1n) is 5.70. The van der Waals surface area contributed by atoms with Crippen molar-refractivity contribution in [2.45, 2.75) is 6.54 Å². The molecule has 2 aromatic rings. The Balaban J connectivity index is 2.26. The molecule has 8 nitrogen and oxygen atoms in total. The molecular formula is C12H12N4O4. The second-order valence-corrected chi connectivity index (χ2v) is 4.12. The van der Waals surface area contributed by atoms with Crippen LogP contribution in [0.2, 0.25) is 0 Å². The third kappa shape index (κ3) is 2.74. The number of hydrogen-bond donors (Lipinski definition) is 1. The van der Waals surface area contributed by atoms with Crippen molar-refractivity contribution in [1.29, 1.82) is 0 Å². The van der Waals surface area contributed by atoms with Gasteiger partial charge in [-0.3, -0.25) is 4.90 Å². The van der Waals surface area contributed by atoms with Crippen LogP contribution in [-0.4, -0.2) is 32.7 Å². The fourth-order valence-electron chi connectivity index (χ4n) is 1.77. The molecule has 0 aliphatic heterocycles. The van der Waals surface area contributed by atoms with Gasteiger partial charge in [0, 0.05) is 12.7 Å². The Labute approximate surface area is 114 Å². The number of imidazole rings is 1. The van der Waals surface area contributed by atoms with Crippen LogP contribution in [0, 0.1) is 10.1 Å². The molecule has 2 rings (SSSR count). The lowest BCUT2D eigenvalue weighted by atomic mass is 10.2. The lowest BCUT2D eigenvalue weighted by Crippen LogP contribution is -2.23. The van der Waals surface area contributed by atoms with Gasteiger partial charge in [0.2, 0.25) is 0 Å². The topological polar surface area (TPSA) is 102 Å². The van der Waals surface area contributed by atoms with Crippen molar-refractivity contribution in [3.8, 4) is 0 Å². The van der Waals surface area contributed by atoms with Crippen LogP contribution in [0.4, 0.5) is 16.4 Å². The Morgan fingerprint density at radius 2 is 2.30 bits per heavy atom. The highest BCUT2D eigenvalue weighted by molar-refractivity contribution is 5.85. The average molecular weight is 276 g/mol. The van der Waals surface area contributed by atoms with Crippen LogP contribution in [0.15, 0.2) is 36.7 Å². The summed E-state index contributed by atoms with van der Waals surface area (Å²) in [5.41, 5.74) is 1.24. The molecule has 1 amide bonds. The second-order valence-electron chi connectivity index (χ2n) is 4.12. The fourth-order valence-corrected chi connectivity index (χ4v) is 1.77. The number of nitro groups is 1. The quantitative estimate of drug-likeness (QED) is 0.679. The van der Waals surface area contributed by atoms with Crippen LogP contribution in [0.5, 0.6) is 0 Å². The molecule has 1 N–H and O–H groups in total. The van der Waals surface area contributed by atoms with Gasteiger partial charge in [0.15, 0.2) is 0 Å². The maximum absolute atomic E-state index is 10.9. The number of amides is 1. The summed E-state index contributed by atoms with van der Waals surface area (Å²) < 4.78 is 1.39. The first-order valence-corrected chi connectivity index (χ1v) is 5.70. The number of anilines is 1. The minimum Gasteiger partial charge on any atom is -0.465 e. The summed E-state index contributed by atoms with van der Waals surface area (Å²) in [6.07, 6.45) is 1.78. The van der Waals surface area contributed by atoms with Gasteiger partial charge in [-0.05, 0) is 22.6 Å². The number of benzene rings is 1. The van der Waals surface area contributed by atoms with Crippen molar-refractivity contribution in [3.05, 3.63) is 52.3 Å². The number of hydrogen-bond acceptors (Lipinski definition) is 4. The van der Waals surface area contributed by atoms with E-state index < -0.39 is 11.0 Å². The molecule has 0 aliphatic rings. The third-order valence-electron chi connectivity index (χ3n) is 2.79. The average Bonchev–Trinajstić information content (AvgIpc) is 2.86. The summed E-state index contributed by atoms with van der Waals surface area (Å²) in [5, 5.41) is 19.7. The van der Waals surface area contributed by atoms with Gasteiger partial charge in [-0.1, -0.05) is 17.1 Å². The van der Waals surface area contributed by atoms with E-state index in [1.807, 2.05) is 0 Å². The van der Waals surface area contributed by atoms with E-state index in [0.717, 1.165) is 10.5 Å². The van der Waals surface area contributed by atoms with Gasteiger partial charge in [0.25, 0.3) is 0 Å². The molecule has 104 valence electrons. The number of rotatable bonds is 4. The van der Waals surface area contributed by atoms with Gasteiger partial charge < -0.3 is 15.2 Å². The molecule has 0 aliphatic carbocycles. The molecule has 20 heavy (non-hydrogen) atoms. The van der Waals surface area contributed by atoms with Gasteiger partial charge in [0.05, 0.1) is 6.54 Å². The van der Waals surface area contributed by atoms with E-state index in [9.17, 15) is 14.9 Å². The van der Waals surface area contributed by atoms with E-state index in [1.54, 1.807) is 24.3 Å². The first-order chi connectivity index (χ1) is 9.49. The van der Waals surface area contributed by atoms with Crippen molar-refractivity contribution in [3.63, 3.8) is 0 Å². The molecule has 0 atom stereocenters. The molecule has 0 saturated heterocycles. The minimum absolute atomic E-state index is 0.248. The zero-order valence-electron chi connectivity index (χ0n) is 10.6. The molecule has 8 heteroatoms. The predicted octanol–water partition coefficient (Wildman–Crippen LogP) is 1.95. The summed E-state index contributed by atoms with van der Waals surface area (Å²) in [7, 11) is 1.43. The van der Waals surface area contributed by atoms with Crippen molar-refractivity contribution in [2.24, 2.45) is 0 Å². The zero-order valence-corrected chi connectivity index (χ0v) is 10.6. The normalized spacial score (nSPS) is 10.2. The number of carbonyl (C=O) groups is 1. The number of aromatic nitrogens is 2. The van der Waals surface area contributed by atoms with Gasteiger partial charge in [-0.2, -0.15) is 0 Å². The standard InChI is InChI=1S/C12H12N4O4/c1-14(12(17)18)10-4-2-3-9(7-10)8-15-6-5-13-11(15)16(19)20/h2-7H,8H2,1H3,(H,17,18). The van der Waals surface area contributed by atoms with Crippen LogP contribution in [-0.2, 0) is 6.54 Å². The summed E-state index contributed by atoms with van der Waals surface area (Å²) in [5.74, 6) is -0.248. The summed E-state index contributed by atoms with van der Waals surface area (Å²) in [4.78, 5) is 25.8. The maximum Gasteiger partial charge on any atom is 0.434 e. The van der Waals surface area contributed by atoms with Gasteiger partial charge in [0.1, 0.15) is 12.4 Å². The van der Waals surface area contributed by atoms with E-state index in [2.05, 4.69) is 4.98 Å². The SMILES string of the molecule is CN(C(=O)O)c1cccc(Cn2ccnc2[N+](=O)[O-])c1. The molecule has 0 spiro atoms. The van der Waals surface area contributed by atoms with Crippen molar-refractivity contribution in [1.82, 2.24) is 9.55 Å². The Hall–Kier alpha value is -2.90. The Kier molecular flexibility index (Phi) is 3.65. The second kappa shape index (κ2) is 5.39. The molecule has 1 aromatic heterocycles. The summed E-state index contributed by atoms with van der Waals surface area (Å²) >= 11 is 0. The monoisotopic (exact) mass is 276 g/mol. The predicted molar refractivity (Wildman–Crippen MR) is 70.9 cm³/mol. The van der Waals surface area contributed by atoms with Gasteiger partial charge in [-0.25, -0.2) is 9.36 Å². The van der Waals surface area contributed by atoms with Gasteiger partial charge in [-0.15, -0.1) is 0 Å². The van der Waals surface area contributed by atoms with Crippen LogP contribution in [0.1, 0.15) is 5.56 Å². The van der Waals surface area contributed by atoms with Crippen molar-refractivity contribution < 1.29 is 14.8 Å². The summed E-state index contributed by atoms with van der Waals surface area (Å²) in [6, 6.07) is 6.79. The molecule has 0 saturated carbocycles. The Morgan fingerprint density at radius 1 is 1.55 bits per heavy atom. The first kappa shape index (κ1) is 13.5. The molecular weight excluding hydrogens is 264 g/mol. The molecule has 0 unspecified atom stereocenters. The van der Waals surface area contributed by atoms with E-state index in [1.165, 1.54) is 24.0 Å². The van der Waals surface area contributed by atoms with E-state index in [0.29, 0.717) is 5.69 Å². The molecule has 0 fully saturated rings. The largest absolute Gasteiger partial charge is 0.465 e. The highest BCUT2D eigenvalue weighted by Crippen LogP contribution is 2.17. The van der Waals surface area contributed by atoms with E-state index >= 15 is 0 Å². The van der Waals surface area contributed by atoms with Crippen LogP contribution in [0.3, 0.4) is 0 Å². The zero-order chi connectivity index (χ0) is 14.7. The number of nitrogens with zero attached hydrogens (tertiary/aromatic N) is 4. The lowest BCUT2D eigenvalue weighted by Gasteiger charge is -2.13. The maximum atomic E-state index is 10.9. The Morgan fingerprint density at radius 3 is 2.95 bits per heavy atom. The van der Waals surface area contributed by atoms with Crippen LogP contribution < -0.4 is 4.90 Å². The Bertz CT molecular complexity index is 652. The highest BCUT2D eigenvalue weighted by Gasteiger charge is 2.15. The van der Waals surface area contributed by atoms with Crippen LogP contribution >= 0.6 is 0 Å². The molecule has 0 bridgehead atoms. The third-order valence-corrected chi connectivity index (χ3v) is 2.79. The smallest absolute Gasteiger partial charge is 0.434 e. The van der Waals surface area contributed by atoms with Crippen molar-refractivity contribution in [2.75, 3.05) is 11.9 Å². The summed E-state index contributed by atoms with van der Waals surface area (Å²) in [6.45, 7) is 0.248. The minimum atomic E-state index is -1.07. The molecule has 1 heterocycles.